The third kappa shape index (κ3) is 6.70. The molecule has 3 unspecified atom stereocenters. The van der Waals surface area contributed by atoms with E-state index in [2.05, 4.69) is 42.4 Å². The van der Waals surface area contributed by atoms with Gasteiger partial charge in [0.1, 0.15) is 11.6 Å². The van der Waals surface area contributed by atoms with Crippen molar-refractivity contribution in [3.05, 3.63) is 0 Å². The minimum atomic E-state index is -0.836. The molecule has 0 aromatic rings. The molecule has 2 saturated heterocycles. The predicted molar refractivity (Wildman–Crippen MR) is 152 cm³/mol. The molecule has 218 valence electrons. The molecule has 2 heterocycles. The number of alkyl carbamates (subject to hydrolysis) is 1. The van der Waals surface area contributed by atoms with Gasteiger partial charge in [-0.15, -0.1) is 0 Å². The number of likely N-dealkylation sites (N-methyl/N-ethyl adjacent to an activating group) is 1. The van der Waals surface area contributed by atoms with Crippen LogP contribution in [0.15, 0.2) is 4.99 Å². The van der Waals surface area contributed by atoms with E-state index in [1.165, 1.54) is 19.3 Å². The van der Waals surface area contributed by atoms with Crippen molar-refractivity contribution in [3.63, 3.8) is 0 Å². The molecule has 2 saturated carbocycles. The maximum Gasteiger partial charge on any atom is 0.413 e. The van der Waals surface area contributed by atoms with E-state index in [0.717, 1.165) is 38.6 Å². The number of piperidine rings is 1. The van der Waals surface area contributed by atoms with Crippen LogP contribution in [0.3, 0.4) is 0 Å². The van der Waals surface area contributed by atoms with E-state index in [1.807, 2.05) is 0 Å². The normalized spacial score (nSPS) is 29.3. The molecule has 2 N–H and O–H groups in total. The average Bonchev–Trinajstić information content (AvgIpc) is 3.16. The molecule has 4 fully saturated rings. The Kier molecular flexibility index (Phi) is 9.15. The first kappa shape index (κ1) is 29.6. The van der Waals surface area contributed by atoms with E-state index in [1.54, 1.807) is 18.9 Å². The Labute approximate surface area is 235 Å². The highest BCUT2D eigenvalue weighted by molar-refractivity contribution is 5.96. The maximum absolute atomic E-state index is 14.2. The van der Waals surface area contributed by atoms with Crippen molar-refractivity contribution >= 4 is 18.0 Å². The number of guanidine groups is 1. The lowest BCUT2D eigenvalue weighted by molar-refractivity contribution is -0.136. The van der Waals surface area contributed by atoms with Crippen LogP contribution in [-0.2, 0) is 9.53 Å². The van der Waals surface area contributed by atoms with E-state index in [-0.39, 0.29) is 23.5 Å². The molecule has 2 bridgehead atoms. The summed E-state index contributed by atoms with van der Waals surface area (Å²) >= 11 is 0. The summed E-state index contributed by atoms with van der Waals surface area (Å²) in [6, 6.07) is 1.82. The maximum atomic E-state index is 14.2. The Bertz CT molecular complexity index is 962. The quantitative estimate of drug-likeness (QED) is 0.380. The van der Waals surface area contributed by atoms with Crippen LogP contribution in [0.2, 0.25) is 0 Å². The highest BCUT2D eigenvalue weighted by atomic mass is 16.5. The number of hydrogen-bond acceptors (Lipinski definition) is 6. The molecule has 9 nitrogen and oxygen atoms in total. The SMILES string of the molecule is CCOC(=O)NC(=NC(CC1CCCCC1)C(=O)N(C)C1(C#N)CCNCC1)N1CC2CC(C)(C)CC1(C)C2. The molecule has 2 amide bonds. The van der Waals surface area contributed by atoms with Crippen LogP contribution in [0, 0.1) is 28.6 Å². The van der Waals surface area contributed by atoms with Gasteiger partial charge in [0.15, 0.2) is 0 Å². The van der Waals surface area contributed by atoms with Gasteiger partial charge in [-0.3, -0.25) is 10.1 Å². The molecule has 2 aliphatic carbocycles. The lowest BCUT2D eigenvalue weighted by Crippen LogP contribution is -2.57. The van der Waals surface area contributed by atoms with Crippen LogP contribution in [0.4, 0.5) is 4.79 Å². The van der Waals surface area contributed by atoms with Gasteiger partial charge < -0.3 is 19.9 Å². The number of hydrogen-bond donors (Lipinski definition) is 2. The van der Waals surface area contributed by atoms with E-state index in [4.69, 9.17) is 9.73 Å². The number of amides is 2. The van der Waals surface area contributed by atoms with Crippen molar-refractivity contribution in [2.45, 2.75) is 115 Å². The number of aliphatic imine (C=N–C) groups is 1. The predicted octanol–water partition coefficient (Wildman–Crippen LogP) is 4.43. The second kappa shape index (κ2) is 12.0. The van der Waals surface area contributed by atoms with Crippen molar-refractivity contribution in [2.24, 2.45) is 22.2 Å². The van der Waals surface area contributed by atoms with Crippen molar-refractivity contribution in [3.8, 4) is 6.07 Å². The second-order valence-electron chi connectivity index (χ2n) is 13.6. The standard InChI is InChI=1S/C30H50N6O3/c1-6-39-27(38)34-26(36-19-23-17-28(2,3)20-29(36,4)18-23)33-24(16-22-10-8-7-9-11-22)25(37)35(5)30(21-31)12-14-32-15-13-30/h22-24,32H,6-20H2,1-5H3,(H,33,34,38). The van der Waals surface area contributed by atoms with Crippen LogP contribution in [0.25, 0.3) is 0 Å². The van der Waals surface area contributed by atoms with Gasteiger partial charge in [0.25, 0.3) is 0 Å². The smallest absolute Gasteiger partial charge is 0.413 e. The number of nitrogens with one attached hydrogen (secondary N) is 2. The Morgan fingerprint density at radius 1 is 1.18 bits per heavy atom. The minimum Gasteiger partial charge on any atom is -0.450 e. The van der Waals surface area contributed by atoms with Gasteiger partial charge in [0.05, 0.1) is 12.7 Å². The zero-order valence-corrected chi connectivity index (χ0v) is 24.9. The Morgan fingerprint density at radius 3 is 2.51 bits per heavy atom. The van der Waals surface area contributed by atoms with Crippen LogP contribution in [0.5, 0.6) is 0 Å². The highest BCUT2D eigenvalue weighted by Gasteiger charge is 2.52. The molecule has 0 aromatic heterocycles. The third-order valence-corrected chi connectivity index (χ3v) is 9.72. The van der Waals surface area contributed by atoms with Crippen LogP contribution >= 0.6 is 0 Å². The molecular weight excluding hydrogens is 492 g/mol. The number of fused-ring (bicyclic) bond motifs is 2. The summed E-state index contributed by atoms with van der Waals surface area (Å²) in [4.78, 5) is 36.0. The number of nitrogens with zero attached hydrogens (tertiary/aromatic N) is 4. The minimum absolute atomic E-state index is 0.125. The number of nitriles is 1. The summed E-state index contributed by atoms with van der Waals surface area (Å²) in [5.41, 5.74) is -0.789. The van der Waals surface area contributed by atoms with Gasteiger partial charge in [-0.1, -0.05) is 46.0 Å². The summed E-state index contributed by atoms with van der Waals surface area (Å²) in [5.74, 6) is 1.25. The zero-order chi connectivity index (χ0) is 28.3. The van der Waals surface area contributed by atoms with Crippen molar-refractivity contribution in [1.82, 2.24) is 20.4 Å². The zero-order valence-electron chi connectivity index (χ0n) is 24.9. The van der Waals surface area contributed by atoms with E-state index in [0.29, 0.717) is 50.1 Å². The first-order chi connectivity index (χ1) is 18.5. The molecular formula is C30H50N6O3. The summed E-state index contributed by atoms with van der Waals surface area (Å²) < 4.78 is 5.28. The molecule has 0 aromatic carbocycles. The number of likely N-dealkylation sites (tertiary alicyclic amines) is 1. The molecule has 0 radical (unpaired) electrons. The summed E-state index contributed by atoms with van der Waals surface area (Å²) in [6.45, 7) is 11.2. The number of carbonyl (C=O) groups is 2. The van der Waals surface area contributed by atoms with E-state index < -0.39 is 17.7 Å². The monoisotopic (exact) mass is 542 g/mol. The van der Waals surface area contributed by atoms with Crippen LogP contribution < -0.4 is 10.6 Å². The van der Waals surface area contributed by atoms with Gasteiger partial charge in [0, 0.05) is 19.1 Å². The van der Waals surface area contributed by atoms with Gasteiger partial charge in [-0.25, -0.2) is 9.79 Å². The van der Waals surface area contributed by atoms with Crippen LogP contribution in [0.1, 0.15) is 98.3 Å². The second-order valence-corrected chi connectivity index (χ2v) is 13.6. The molecule has 2 aliphatic heterocycles. The Balaban J connectivity index is 1.70. The van der Waals surface area contributed by atoms with Gasteiger partial charge in [-0.05, 0) is 82.7 Å². The number of ether oxygens (including phenoxy) is 1. The fraction of sp³-hybridized carbons (Fsp3) is 0.867. The summed E-state index contributed by atoms with van der Waals surface area (Å²) in [5, 5.41) is 16.5. The van der Waals surface area contributed by atoms with E-state index >= 15 is 0 Å². The van der Waals surface area contributed by atoms with Gasteiger partial charge in [0.2, 0.25) is 11.9 Å². The molecule has 39 heavy (non-hydrogen) atoms. The lowest BCUT2D eigenvalue weighted by Gasteiger charge is -2.44. The van der Waals surface area contributed by atoms with E-state index in [9.17, 15) is 14.9 Å². The number of carbonyl (C=O) groups excluding carboxylic acids is 2. The first-order valence-corrected chi connectivity index (χ1v) is 15.2. The first-order valence-electron chi connectivity index (χ1n) is 15.2. The number of rotatable bonds is 6. The third-order valence-electron chi connectivity index (χ3n) is 9.72. The lowest BCUT2D eigenvalue weighted by atomic mass is 9.67. The van der Waals surface area contributed by atoms with Gasteiger partial charge in [-0.2, -0.15) is 5.26 Å². The summed E-state index contributed by atoms with van der Waals surface area (Å²) in [7, 11) is 1.77. The average molecular weight is 543 g/mol. The molecule has 0 spiro atoms. The van der Waals surface area contributed by atoms with Crippen LogP contribution in [-0.4, -0.2) is 78.2 Å². The summed E-state index contributed by atoms with van der Waals surface area (Å²) in [6.07, 6.45) is 10.2. The topological polar surface area (TPSA) is 110 Å². The molecule has 3 atom stereocenters. The van der Waals surface area contributed by atoms with Crippen molar-refractivity contribution in [2.75, 3.05) is 33.3 Å². The molecule has 4 rings (SSSR count). The highest BCUT2D eigenvalue weighted by Crippen LogP contribution is 2.51. The fourth-order valence-corrected chi connectivity index (χ4v) is 8.13. The fourth-order valence-electron chi connectivity index (χ4n) is 8.13. The van der Waals surface area contributed by atoms with Crippen molar-refractivity contribution in [1.29, 1.82) is 5.26 Å². The largest absolute Gasteiger partial charge is 0.450 e. The Hall–Kier alpha value is -2.34. The molecule has 4 aliphatic rings. The molecule has 9 heteroatoms. The van der Waals surface area contributed by atoms with Gasteiger partial charge >= 0.3 is 6.09 Å². The van der Waals surface area contributed by atoms with Crippen molar-refractivity contribution < 1.29 is 14.3 Å². The Morgan fingerprint density at radius 2 is 1.87 bits per heavy atom.